The average molecular weight is 596 g/mol. The summed E-state index contributed by atoms with van der Waals surface area (Å²) in [6.45, 7) is 5.14. The number of aryl methyl sites for hydroxylation is 2. The highest BCUT2D eigenvalue weighted by atomic mass is 35.5. The number of rotatable bonds is 11. The number of hydrogen-bond acceptors (Lipinski definition) is 4. The Morgan fingerprint density at radius 1 is 0.976 bits per heavy atom. The van der Waals surface area contributed by atoms with Crippen LogP contribution in [0.1, 0.15) is 49.3 Å². The molecule has 0 heterocycles. The summed E-state index contributed by atoms with van der Waals surface area (Å²) >= 11 is 6.18. The quantitative estimate of drug-likeness (QED) is 0.309. The first-order valence-corrected chi connectivity index (χ1v) is 15.9. The van der Waals surface area contributed by atoms with Crippen LogP contribution in [0.15, 0.2) is 77.7 Å². The van der Waals surface area contributed by atoms with E-state index in [1.165, 1.54) is 17.0 Å². The van der Waals surface area contributed by atoms with Crippen LogP contribution < -0.4 is 9.62 Å². The third-order valence-corrected chi connectivity index (χ3v) is 9.68. The minimum Gasteiger partial charge on any atom is -0.352 e. The highest BCUT2D eigenvalue weighted by Crippen LogP contribution is 2.29. The molecule has 9 heteroatoms. The largest absolute Gasteiger partial charge is 0.352 e. The summed E-state index contributed by atoms with van der Waals surface area (Å²) in [5.41, 5.74) is 2.91. The van der Waals surface area contributed by atoms with Gasteiger partial charge in [0.1, 0.15) is 12.6 Å². The van der Waals surface area contributed by atoms with E-state index in [2.05, 4.69) is 5.32 Å². The molecule has 1 fully saturated rings. The number of benzene rings is 3. The highest BCUT2D eigenvalue weighted by molar-refractivity contribution is 7.92. The topological polar surface area (TPSA) is 86.8 Å². The van der Waals surface area contributed by atoms with Crippen molar-refractivity contribution in [3.63, 3.8) is 0 Å². The summed E-state index contributed by atoms with van der Waals surface area (Å²) < 4.78 is 29.1. The van der Waals surface area contributed by atoms with Crippen molar-refractivity contribution in [2.24, 2.45) is 0 Å². The molecule has 1 N–H and O–H groups in total. The van der Waals surface area contributed by atoms with E-state index >= 15 is 0 Å². The molecule has 0 spiro atoms. The van der Waals surface area contributed by atoms with Gasteiger partial charge in [0.05, 0.1) is 10.6 Å². The van der Waals surface area contributed by atoms with Gasteiger partial charge >= 0.3 is 0 Å². The standard InChI is InChI=1S/C32H38ClN3O4S/c1-23-13-16-29(17-14-23)41(39,40)36(30-18-15-27(33)21-24(30)2)22-31(37)35(20-19-26-9-5-4-6-10-26)25(3)32(38)34-28-11-7-8-12-28/h4-6,9-10,13-18,21,25,28H,7-8,11-12,19-20,22H2,1-3H3,(H,34,38)/t25-/m0/s1. The fourth-order valence-corrected chi connectivity index (χ4v) is 6.92. The van der Waals surface area contributed by atoms with E-state index in [0.717, 1.165) is 41.1 Å². The van der Waals surface area contributed by atoms with Crippen LogP contribution in [0.2, 0.25) is 5.02 Å². The maximum atomic E-state index is 14.1. The number of carbonyl (C=O) groups is 2. The number of nitrogens with one attached hydrogen (secondary N) is 1. The van der Waals surface area contributed by atoms with Crippen molar-refractivity contribution in [2.45, 2.75) is 69.9 Å². The Balaban J connectivity index is 1.67. The first-order valence-electron chi connectivity index (χ1n) is 14.1. The molecular weight excluding hydrogens is 558 g/mol. The number of nitrogens with zero attached hydrogens (tertiary/aromatic N) is 2. The molecule has 3 aromatic carbocycles. The molecule has 4 rings (SSSR count). The van der Waals surface area contributed by atoms with Gasteiger partial charge in [-0.2, -0.15) is 0 Å². The number of amides is 2. The second-order valence-corrected chi connectivity index (χ2v) is 13.0. The Bertz CT molecular complexity index is 1460. The number of anilines is 1. The van der Waals surface area contributed by atoms with Gasteiger partial charge in [-0.3, -0.25) is 13.9 Å². The lowest BCUT2D eigenvalue weighted by molar-refractivity contribution is -0.139. The smallest absolute Gasteiger partial charge is 0.264 e. The summed E-state index contributed by atoms with van der Waals surface area (Å²) in [5.74, 6) is -0.686. The van der Waals surface area contributed by atoms with Gasteiger partial charge in [0.25, 0.3) is 10.0 Å². The molecule has 0 saturated heterocycles. The molecule has 1 aliphatic carbocycles. The Labute approximate surface area is 248 Å². The summed E-state index contributed by atoms with van der Waals surface area (Å²) in [6.07, 6.45) is 4.52. The predicted molar refractivity (Wildman–Crippen MR) is 164 cm³/mol. The molecule has 2 amide bonds. The monoisotopic (exact) mass is 595 g/mol. The van der Waals surface area contributed by atoms with Crippen molar-refractivity contribution in [2.75, 3.05) is 17.4 Å². The van der Waals surface area contributed by atoms with E-state index in [4.69, 9.17) is 11.6 Å². The Morgan fingerprint density at radius 2 is 1.63 bits per heavy atom. The van der Waals surface area contributed by atoms with Gasteiger partial charge in [0.15, 0.2) is 0 Å². The first-order chi connectivity index (χ1) is 19.6. The molecule has 0 bridgehead atoms. The van der Waals surface area contributed by atoms with Gasteiger partial charge in [0.2, 0.25) is 11.8 Å². The molecule has 1 atom stereocenters. The number of sulfonamides is 1. The zero-order valence-electron chi connectivity index (χ0n) is 23.8. The number of halogens is 1. The summed E-state index contributed by atoms with van der Waals surface area (Å²) in [7, 11) is -4.12. The maximum absolute atomic E-state index is 14.1. The van der Waals surface area contributed by atoms with E-state index < -0.39 is 28.5 Å². The first kappa shape index (κ1) is 30.6. The molecule has 0 aliphatic heterocycles. The van der Waals surface area contributed by atoms with E-state index in [-0.39, 0.29) is 23.4 Å². The Kier molecular flexibility index (Phi) is 10.1. The van der Waals surface area contributed by atoms with Gasteiger partial charge in [-0.15, -0.1) is 0 Å². The zero-order valence-corrected chi connectivity index (χ0v) is 25.4. The number of hydrogen-bond donors (Lipinski definition) is 1. The van der Waals surface area contributed by atoms with Crippen LogP contribution in [0.3, 0.4) is 0 Å². The van der Waals surface area contributed by atoms with Crippen molar-refractivity contribution in [1.29, 1.82) is 0 Å². The van der Waals surface area contributed by atoms with Crippen LogP contribution in [0.4, 0.5) is 5.69 Å². The fourth-order valence-electron chi connectivity index (χ4n) is 5.21. The SMILES string of the molecule is Cc1ccc(S(=O)(=O)N(CC(=O)N(CCc2ccccc2)[C@@H](C)C(=O)NC2CCCC2)c2ccc(Cl)cc2C)cc1. The maximum Gasteiger partial charge on any atom is 0.264 e. The van der Waals surface area contributed by atoms with E-state index in [1.54, 1.807) is 44.2 Å². The van der Waals surface area contributed by atoms with E-state index in [1.807, 2.05) is 37.3 Å². The lowest BCUT2D eigenvalue weighted by atomic mass is 10.1. The summed E-state index contributed by atoms with van der Waals surface area (Å²) in [5, 5.41) is 3.56. The van der Waals surface area contributed by atoms with Crippen LogP contribution in [0.5, 0.6) is 0 Å². The van der Waals surface area contributed by atoms with E-state index in [0.29, 0.717) is 22.7 Å². The second-order valence-electron chi connectivity index (χ2n) is 10.7. The van der Waals surface area contributed by atoms with Crippen molar-refractivity contribution >= 4 is 39.1 Å². The van der Waals surface area contributed by atoms with Gasteiger partial charge in [-0.1, -0.05) is 72.5 Å². The average Bonchev–Trinajstić information content (AvgIpc) is 3.46. The van der Waals surface area contributed by atoms with Crippen LogP contribution in [-0.2, 0) is 26.0 Å². The van der Waals surface area contributed by atoms with Crippen molar-refractivity contribution in [3.05, 3.63) is 94.5 Å². The highest BCUT2D eigenvalue weighted by Gasteiger charge is 2.33. The van der Waals surface area contributed by atoms with E-state index in [9.17, 15) is 18.0 Å². The van der Waals surface area contributed by atoms with Crippen LogP contribution >= 0.6 is 11.6 Å². The molecular formula is C32H38ClN3O4S. The molecule has 0 aromatic heterocycles. The third-order valence-electron chi connectivity index (χ3n) is 7.67. The minimum atomic E-state index is -4.12. The summed E-state index contributed by atoms with van der Waals surface area (Å²) in [6, 6.07) is 20.5. The normalized spacial score (nSPS) is 14.4. The lowest BCUT2D eigenvalue weighted by Gasteiger charge is -2.33. The second kappa shape index (κ2) is 13.5. The summed E-state index contributed by atoms with van der Waals surface area (Å²) in [4.78, 5) is 28.9. The minimum absolute atomic E-state index is 0.0770. The van der Waals surface area contributed by atoms with Crippen molar-refractivity contribution < 1.29 is 18.0 Å². The van der Waals surface area contributed by atoms with Gasteiger partial charge < -0.3 is 10.2 Å². The zero-order chi connectivity index (χ0) is 29.6. The van der Waals surface area contributed by atoms with Crippen LogP contribution in [-0.4, -0.2) is 50.3 Å². The lowest BCUT2D eigenvalue weighted by Crippen LogP contribution is -2.53. The molecule has 3 aromatic rings. The Hall–Kier alpha value is -3.36. The van der Waals surface area contributed by atoms with Gasteiger partial charge in [-0.05, 0) is 81.5 Å². The Morgan fingerprint density at radius 3 is 2.27 bits per heavy atom. The molecule has 0 radical (unpaired) electrons. The van der Waals surface area contributed by atoms with Gasteiger partial charge in [-0.25, -0.2) is 8.42 Å². The molecule has 1 aliphatic rings. The molecule has 218 valence electrons. The number of carbonyl (C=O) groups excluding carboxylic acids is 2. The van der Waals surface area contributed by atoms with Crippen molar-refractivity contribution in [1.82, 2.24) is 10.2 Å². The van der Waals surface area contributed by atoms with Crippen LogP contribution in [0, 0.1) is 13.8 Å². The molecule has 7 nitrogen and oxygen atoms in total. The third kappa shape index (κ3) is 7.68. The van der Waals surface area contributed by atoms with Crippen LogP contribution in [0.25, 0.3) is 0 Å². The molecule has 0 unspecified atom stereocenters. The molecule has 1 saturated carbocycles. The van der Waals surface area contributed by atoms with Gasteiger partial charge in [0, 0.05) is 17.6 Å². The fraction of sp³-hybridized carbons (Fsp3) is 0.375. The predicted octanol–water partition coefficient (Wildman–Crippen LogP) is 5.67. The van der Waals surface area contributed by atoms with Crippen molar-refractivity contribution in [3.8, 4) is 0 Å². The molecule has 41 heavy (non-hydrogen) atoms.